The van der Waals surface area contributed by atoms with Crippen molar-refractivity contribution >= 4 is 0 Å². The SMILES string of the molecule is Cc1nc(Oc2cnn(C(C)C)c2)ncc1CNC1CC1. The van der Waals surface area contributed by atoms with Crippen molar-refractivity contribution in [2.75, 3.05) is 0 Å². The van der Waals surface area contributed by atoms with Gasteiger partial charge in [0.15, 0.2) is 5.75 Å². The van der Waals surface area contributed by atoms with Crippen LogP contribution in [0, 0.1) is 6.92 Å². The molecule has 21 heavy (non-hydrogen) atoms. The van der Waals surface area contributed by atoms with Gasteiger partial charge in [-0.2, -0.15) is 10.1 Å². The van der Waals surface area contributed by atoms with E-state index in [1.807, 2.05) is 24.0 Å². The first-order valence-electron chi connectivity index (χ1n) is 7.39. The molecule has 0 aromatic carbocycles. The van der Waals surface area contributed by atoms with Gasteiger partial charge in [-0.1, -0.05) is 0 Å². The van der Waals surface area contributed by atoms with Gasteiger partial charge in [0.1, 0.15) is 0 Å². The van der Waals surface area contributed by atoms with Crippen LogP contribution in [0.25, 0.3) is 0 Å². The molecule has 0 spiro atoms. The van der Waals surface area contributed by atoms with Gasteiger partial charge in [0, 0.05) is 36.1 Å². The van der Waals surface area contributed by atoms with E-state index >= 15 is 0 Å². The fourth-order valence-electron chi connectivity index (χ4n) is 2.00. The van der Waals surface area contributed by atoms with Crippen LogP contribution >= 0.6 is 0 Å². The van der Waals surface area contributed by atoms with Crippen LogP contribution in [0.3, 0.4) is 0 Å². The summed E-state index contributed by atoms with van der Waals surface area (Å²) in [7, 11) is 0. The highest BCUT2D eigenvalue weighted by Crippen LogP contribution is 2.21. The Kier molecular flexibility index (Phi) is 3.88. The topological polar surface area (TPSA) is 64.9 Å². The number of hydrogen-bond donors (Lipinski definition) is 1. The Balaban J connectivity index is 1.65. The fourth-order valence-corrected chi connectivity index (χ4v) is 2.00. The molecule has 1 N–H and O–H groups in total. The van der Waals surface area contributed by atoms with Gasteiger partial charge in [0.05, 0.1) is 12.4 Å². The maximum absolute atomic E-state index is 5.66. The monoisotopic (exact) mass is 287 g/mol. The van der Waals surface area contributed by atoms with Crippen LogP contribution in [0.1, 0.15) is 44.0 Å². The Morgan fingerprint density at radius 3 is 2.81 bits per heavy atom. The predicted octanol–water partition coefficient (Wildman–Crippen LogP) is 2.61. The smallest absolute Gasteiger partial charge is 0.322 e. The van der Waals surface area contributed by atoms with Crippen LogP contribution in [-0.4, -0.2) is 25.8 Å². The molecule has 6 nitrogen and oxygen atoms in total. The summed E-state index contributed by atoms with van der Waals surface area (Å²) in [6.07, 6.45) is 7.93. The summed E-state index contributed by atoms with van der Waals surface area (Å²) in [5.74, 6) is 0.659. The minimum Gasteiger partial charge on any atom is -0.421 e. The Hall–Kier alpha value is -1.95. The number of rotatable bonds is 6. The second kappa shape index (κ2) is 5.81. The summed E-state index contributed by atoms with van der Waals surface area (Å²) in [5.41, 5.74) is 2.07. The van der Waals surface area contributed by atoms with E-state index in [1.54, 1.807) is 6.20 Å². The summed E-state index contributed by atoms with van der Waals surface area (Å²) in [5, 5.41) is 7.70. The Morgan fingerprint density at radius 2 is 2.19 bits per heavy atom. The van der Waals surface area contributed by atoms with Crippen molar-refractivity contribution in [2.24, 2.45) is 0 Å². The number of nitrogens with zero attached hydrogens (tertiary/aromatic N) is 4. The Morgan fingerprint density at radius 1 is 1.38 bits per heavy atom. The first kappa shape index (κ1) is 14.0. The lowest BCUT2D eigenvalue weighted by molar-refractivity contribution is 0.436. The molecule has 3 rings (SSSR count). The van der Waals surface area contributed by atoms with Crippen molar-refractivity contribution in [3.8, 4) is 11.8 Å². The van der Waals surface area contributed by atoms with Crippen LogP contribution in [0.4, 0.5) is 0 Å². The first-order chi connectivity index (χ1) is 10.1. The highest BCUT2D eigenvalue weighted by atomic mass is 16.5. The lowest BCUT2D eigenvalue weighted by Gasteiger charge is -2.07. The van der Waals surface area contributed by atoms with Gasteiger partial charge in [-0.05, 0) is 33.6 Å². The summed E-state index contributed by atoms with van der Waals surface area (Å²) >= 11 is 0. The van der Waals surface area contributed by atoms with Crippen LogP contribution < -0.4 is 10.1 Å². The van der Waals surface area contributed by atoms with Crippen molar-refractivity contribution in [1.82, 2.24) is 25.1 Å². The molecule has 1 saturated carbocycles. The van der Waals surface area contributed by atoms with E-state index < -0.39 is 0 Å². The molecule has 0 aliphatic heterocycles. The number of aryl methyl sites for hydroxylation is 1. The second-order valence-electron chi connectivity index (χ2n) is 5.77. The van der Waals surface area contributed by atoms with Gasteiger partial charge < -0.3 is 10.1 Å². The van der Waals surface area contributed by atoms with Gasteiger partial charge in [-0.15, -0.1) is 0 Å². The maximum Gasteiger partial charge on any atom is 0.322 e. The largest absolute Gasteiger partial charge is 0.421 e. The lowest BCUT2D eigenvalue weighted by Crippen LogP contribution is -2.16. The van der Waals surface area contributed by atoms with E-state index in [1.165, 1.54) is 12.8 Å². The number of hydrogen-bond acceptors (Lipinski definition) is 5. The fraction of sp³-hybridized carbons (Fsp3) is 0.533. The second-order valence-corrected chi connectivity index (χ2v) is 5.77. The zero-order valence-electron chi connectivity index (χ0n) is 12.7. The molecular formula is C15H21N5O. The minimum atomic E-state index is 0.306. The summed E-state index contributed by atoms with van der Waals surface area (Å²) in [6, 6.07) is 1.36. The van der Waals surface area contributed by atoms with Gasteiger partial charge >= 0.3 is 6.01 Å². The molecule has 0 bridgehead atoms. The van der Waals surface area contributed by atoms with Crippen LogP contribution in [0.15, 0.2) is 18.6 Å². The number of aromatic nitrogens is 4. The molecule has 0 atom stereocenters. The molecular weight excluding hydrogens is 266 g/mol. The summed E-state index contributed by atoms with van der Waals surface area (Å²) in [4.78, 5) is 8.69. The molecule has 2 aromatic rings. The molecule has 1 aliphatic rings. The lowest BCUT2D eigenvalue weighted by atomic mass is 10.2. The molecule has 2 heterocycles. The third-order valence-corrected chi connectivity index (χ3v) is 3.53. The maximum atomic E-state index is 5.66. The van der Waals surface area contributed by atoms with E-state index in [0.29, 0.717) is 23.8 Å². The van der Waals surface area contributed by atoms with E-state index in [2.05, 4.69) is 34.2 Å². The molecule has 1 aliphatic carbocycles. The molecule has 112 valence electrons. The number of nitrogens with one attached hydrogen (secondary N) is 1. The van der Waals surface area contributed by atoms with E-state index in [0.717, 1.165) is 17.8 Å². The van der Waals surface area contributed by atoms with Crippen molar-refractivity contribution in [2.45, 2.75) is 52.2 Å². The van der Waals surface area contributed by atoms with Gasteiger partial charge in [0.25, 0.3) is 0 Å². The van der Waals surface area contributed by atoms with Crippen molar-refractivity contribution in [3.63, 3.8) is 0 Å². The summed E-state index contributed by atoms with van der Waals surface area (Å²) in [6.45, 7) is 6.94. The quantitative estimate of drug-likeness (QED) is 0.884. The first-order valence-corrected chi connectivity index (χ1v) is 7.39. The van der Waals surface area contributed by atoms with Gasteiger partial charge in [0.2, 0.25) is 0 Å². The van der Waals surface area contributed by atoms with Crippen molar-refractivity contribution in [3.05, 3.63) is 29.8 Å². The number of ether oxygens (including phenoxy) is 1. The van der Waals surface area contributed by atoms with Crippen molar-refractivity contribution in [1.29, 1.82) is 0 Å². The van der Waals surface area contributed by atoms with E-state index in [4.69, 9.17) is 4.74 Å². The highest BCUT2D eigenvalue weighted by molar-refractivity contribution is 5.22. The average molecular weight is 287 g/mol. The predicted molar refractivity (Wildman–Crippen MR) is 79.3 cm³/mol. The Bertz CT molecular complexity index is 618. The summed E-state index contributed by atoms with van der Waals surface area (Å²) < 4.78 is 7.50. The normalized spacial score (nSPS) is 14.7. The van der Waals surface area contributed by atoms with Crippen LogP contribution in [-0.2, 0) is 6.54 Å². The standard InChI is InChI=1S/C15H21N5O/c1-10(2)20-9-14(8-18-20)21-15-17-7-12(11(3)19-15)6-16-13-4-5-13/h7-10,13,16H,4-6H2,1-3H3. The van der Waals surface area contributed by atoms with Crippen LogP contribution in [0.5, 0.6) is 11.8 Å². The highest BCUT2D eigenvalue weighted by Gasteiger charge is 2.20. The molecule has 0 radical (unpaired) electrons. The minimum absolute atomic E-state index is 0.306. The molecule has 6 heteroatoms. The van der Waals surface area contributed by atoms with Gasteiger partial charge in [-0.3, -0.25) is 4.68 Å². The third-order valence-electron chi connectivity index (χ3n) is 3.53. The van der Waals surface area contributed by atoms with Crippen LogP contribution in [0.2, 0.25) is 0 Å². The zero-order chi connectivity index (χ0) is 14.8. The Labute approximate surface area is 124 Å². The zero-order valence-corrected chi connectivity index (χ0v) is 12.7. The van der Waals surface area contributed by atoms with E-state index in [9.17, 15) is 0 Å². The molecule has 0 unspecified atom stereocenters. The third kappa shape index (κ3) is 3.58. The molecule has 0 amide bonds. The molecule has 0 saturated heterocycles. The average Bonchev–Trinajstić information content (AvgIpc) is 3.15. The van der Waals surface area contributed by atoms with E-state index in [-0.39, 0.29) is 0 Å². The van der Waals surface area contributed by atoms with Gasteiger partial charge in [-0.25, -0.2) is 4.98 Å². The molecule has 1 fully saturated rings. The molecule has 2 aromatic heterocycles. The van der Waals surface area contributed by atoms with Crippen molar-refractivity contribution < 1.29 is 4.74 Å².